The first-order valence-corrected chi connectivity index (χ1v) is 11.5. The molecule has 0 spiro atoms. The zero-order valence-corrected chi connectivity index (χ0v) is 19.6. The number of nitrogens with one attached hydrogen (secondary N) is 2. The predicted molar refractivity (Wildman–Crippen MR) is 137 cm³/mol. The number of hydrogen-bond acceptors (Lipinski definition) is 6. The zero-order chi connectivity index (χ0) is 23.7. The number of aryl methyl sites for hydroxylation is 1. The lowest BCUT2D eigenvalue weighted by Crippen LogP contribution is -2.30. The lowest BCUT2D eigenvalue weighted by atomic mass is 9.99. The Hall–Kier alpha value is -3.97. The van der Waals surface area contributed by atoms with Crippen molar-refractivity contribution in [2.45, 2.75) is 20.8 Å². The molecule has 7 nitrogen and oxygen atoms in total. The van der Waals surface area contributed by atoms with Crippen molar-refractivity contribution in [2.24, 2.45) is 0 Å². The van der Waals surface area contributed by atoms with E-state index in [-0.39, 0.29) is 5.56 Å². The fourth-order valence-electron chi connectivity index (χ4n) is 4.12. The SMILES string of the molecule is CCN(CC)CNc1cc2cc(-c3ccc4ncccc4c3)c(-c3ccc(C)o3)nc2[nH]c1=O. The maximum absolute atomic E-state index is 12.8. The molecular formula is C27H27N5O2. The Morgan fingerprint density at radius 3 is 2.65 bits per heavy atom. The summed E-state index contributed by atoms with van der Waals surface area (Å²) in [6, 6.07) is 17.9. The third-order valence-electron chi connectivity index (χ3n) is 6.10. The zero-order valence-electron chi connectivity index (χ0n) is 19.6. The van der Waals surface area contributed by atoms with Gasteiger partial charge in [0.25, 0.3) is 5.56 Å². The van der Waals surface area contributed by atoms with Gasteiger partial charge in [0.05, 0.1) is 12.2 Å². The molecule has 34 heavy (non-hydrogen) atoms. The summed E-state index contributed by atoms with van der Waals surface area (Å²) in [7, 11) is 0. The third kappa shape index (κ3) is 4.18. The number of nitrogens with zero attached hydrogens (tertiary/aromatic N) is 3. The Balaban J connectivity index is 1.67. The van der Waals surface area contributed by atoms with Crippen LogP contribution in [0.3, 0.4) is 0 Å². The molecule has 7 heteroatoms. The molecule has 4 aromatic heterocycles. The fraction of sp³-hybridized carbons (Fsp3) is 0.222. The monoisotopic (exact) mass is 453 g/mol. The van der Waals surface area contributed by atoms with E-state index in [1.165, 1.54) is 0 Å². The minimum absolute atomic E-state index is 0.196. The highest BCUT2D eigenvalue weighted by Gasteiger charge is 2.16. The quantitative estimate of drug-likeness (QED) is 0.320. The second-order valence-electron chi connectivity index (χ2n) is 8.29. The Bertz CT molecular complexity index is 1530. The van der Waals surface area contributed by atoms with Crippen LogP contribution in [0.2, 0.25) is 0 Å². The van der Waals surface area contributed by atoms with E-state index < -0.39 is 0 Å². The highest BCUT2D eigenvalue weighted by molar-refractivity contribution is 5.93. The van der Waals surface area contributed by atoms with E-state index in [0.29, 0.717) is 29.5 Å². The van der Waals surface area contributed by atoms with Crippen LogP contribution in [-0.4, -0.2) is 39.6 Å². The van der Waals surface area contributed by atoms with Gasteiger partial charge in [0.15, 0.2) is 5.76 Å². The molecule has 0 saturated heterocycles. The maximum atomic E-state index is 12.8. The number of fused-ring (bicyclic) bond motifs is 2. The molecule has 2 N–H and O–H groups in total. The van der Waals surface area contributed by atoms with Crippen LogP contribution in [0.25, 0.3) is 44.5 Å². The second kappa shape index (κ2) is 9.11. The van der Waals surface area contributed by atoms with Crippen molar-refractivity contribution in [3.05, 3.63) is 76.9 Å². The van der Waals surface area contributed by atoms with E-state index in [4.69, 9.17) is 9.40 Å². The van der Waals surface area contributed by atoms with Crippen molar-refractivity contribution in [1.82, 2.24) is 19.9 Å². The van der Waals surface area contributed by atoms with Crippen molar-refractivity contribution in [3.8, 4) is 22.6 Å². The van der Waals surface area contributed by atoms with Gasteiger partial charge < -0.3 is 14.7 Å². The molecular weight excluding hydrogens is 426 g/mol. The summed E-state index contributed by atoms with van der Waals surface area (Å²) in [5, 5.41) is 5.16. The Labute approximate surface area is 197 Å². The highest BCUT2D eigenvalue weighted by Crippen LogP contribution is 2.35. The van der Waals surface area contributed by atoms with Gasteiger partial charge in [0, 0.05) is 22.5 Å². The van der Waals surface area contributed by atoms with E-state index in [1.807, 2.05) is 49.4 Å². The summed E-state index contributed by atoms with van der Waals surface area (Å²) in [6.07, 6.45) is 1.79. The normalized spacial score (nSPS) is 11.5. The van der Waals surface area contributed by atoms with E-state index in [0.717, 1.165) is 46.3 Å². The number of H-pyrrole nitrogens is 1. The minimum Gasteiger partial charge on any atom is -0.460 e. The number of rotatable bonds is 7. The van der Waals surface area contributed by atoms with E-state index in [1.54, 1.807) is 6.20 Å². The van der Waals surface area contributed by atoms with Gasteiger partial charge in [-0.25, -0.2) is 4.98 Å². The first kappa shape index (κ1) is 21.9. The van der Waals surface area contributed by atoms with E-state index in [2.05, 4.69) is 46.2 Å². The molecule has 0 fully saturated rings. The van der Waals surface area contributed by atoms with Crippen LogP contribution in [-0.2, 0) is 0 Å². The van der Waals surface area contributed by atoms with Gasteiger partial charge >= 0.3 is 0 Å². The van der Waals surface area contributed by atoms with Crippen molar-refractivity contribution >= 4 is 27.6 Å². The molecule has 0 radical (unpaired) electrons. The van der Waals surface area contributed by atoms with Crippen molar-refractivity contribution < 1.29 is 4.42 Å². The number of hydrogen-bond donors (Lipinski definition) is 2. The standard InChI is InChI=1S/C27H27N5O2/c1-4-32(5-2)16-29-23-15-20-14-21(18-9-10-22-19(13-18)7-6-12-28-22)25(24-11-8-17(3)34-24)30-26(20)31-27(23)33/h6-15,29H,4-5,16H2,1-3H3,(H,30,31,33). The highest BCUT2D eigenvalue weighted by atomic mass is 16.3. The average Bonchev–Trinajstić information content (AvgIpc) is 3.30. The molecule has 0 bridgehead atoms. The smallest absolute Gasteiger partial charge is 0.272 e. The molecule has 0 amide bonds. The van der Waals surface area contributed by atoms with Crippen LogP contribution >= 0.6 is 0 Å². The Morgan fingerprint density at radius 1 is 1.03 bits per heavy atom. The summed E-state index contributed by atoms with van der Waals surface area (Å²) in [4.78, 5) is 27.2. The molecule has 0 aliphatic carbocycles. The molecule has 5 rings (SSSR count). The largest absolute Gasteiger partial charge is 0.460 e. The predicted octanol–water partition coefficient (Wildman–Crippen LogP) is 5.42. The van der Waals surface area contributed by atoms with Crippen molar-refractivity contribution in [1.29, 1.82) is 0 Å². The number of aromatic nitrogens is 3. The molecule has 1 aromatic carbocycles. The van der Waals surface area contributed by atoms with Gasteiger partial charge in [-0.3, -0.25) is 14.7 Å². The molecule has 172 valence electrons. The van der Waals surface area contributed by atoms with Gasteiger partial charge in [0.2, 0.25) is 0 Å². The van der Waals surface area contributed by atoms with Gasteiger partial charge in [0.1, 0.15) is 22.8 Å². The Kier molecular flexibility index (Phi) is 5.86. The minimum atomic E-state index is -0.196. The molecule has 0 unspecified atom stereocenters. The molecule has 0 atom stereocenters. The van der Waals surface area contributed by atoms with Gasteiger partial charge in [-0.05, 0) is 68.0 Å². The summed E-state index contributed by atoms with van der Waals surface area (Å²) >= 11 is 0. The number of anilines is 1. The molecule has 0 aliphatic rings. The molecule has 0 saturated carbocycles. The molecule has 0 aliphatic heterocycles. The van der Waals surface area contributed by atoms with Crippen molar-refractivity contribution in [2.75, 3.05) is 25.1 Å². The number of benzene rings is 1. The summed E-state index contributed by atoms with van der Waals surface area (Å²) in [5.41, 5.74) is 4.39. The summed E-state index contributed by atoms with van der Waals surface area (Å²) in [6.45, 7) is 8.52. The third-order valence-corrected chi connectivity index (χ3v) is 6.10. The topological polar surface area (TPSA) is 87.0 Å². The first-order valence-electron chi connectivity index (χ1n) is 11.5. The number of pyridine rings is 3. The lowest BCUT2D eigenvalue weighted by molar-refractivity contribution is 0.326. The van der Waals surface area contributed by atoms with Crippen molar-refractivity contribution in [3.63, 3.8) is 0 Å². The molecule has 5 aromatic rings. The van der Waals surface area contributed by atoms with Gasteiger partial charge in [-0.2, -0.15) is 0 Å². The lowest BCUT2D eigenvalue weighted by Gasteiger charge is -2.19. The number of aromatic amines is 1. The van der Waals surface area contributed by atoms with Crippen LogP contribution in [0.5, 0.6) is 0 Å². The second-order valence-corrected chi connectivity index (χ2v) is 8.29. The summed E-state index contributed by atoms with van der Waals surface area (Å²) < 4.78 is 5.93. The van der Waals surface area contributed by atoms with Gasteiger partial charge in [-0.15, -0.1) is 0 Å². The number of furan rings is 1. The summed E-state index contributed by atoms with van der Waals surface area (Å²) in [5.74, 6) is 1.46. The van der Waals surface area contributed by atoms with Crippen LogP contribution in [0, 0.1) is 6.92 Å². The van der Waals surface area contributed by atoms with E-state index >= 15 is 0 Å². The Morgan fingerprint density at radius 2 is 1.88 bits per heavy atom. The maximum Gasteiger partial charge on any atom is 0.272 e. The molecule has 4 heterocycles. The van der Waals surface area contributed by atoms with E-state index in [9.17, 15) is 4.79 Å². The van der Waals surface area contributed by atoms with Crippen LogP contribution < -0.4 is 10.9 Å². The van der Waals surface area contributed by atoms with Gasteiger partial charge in [-0.1, -0.05) is 26.0 Å². The average molecular weight is 454 g/mol. The van der Waals surface area contributed by atoms with Crippen LogP contribution in [0.15, 0.2) is 70.0 Å². The van der Waals surface area contributed by atoms with Crippen LogP contribution in [0.1, 0.15) is 19.6 Å². The first-order chi connectivity index (χ1) is 16.6. The van der Waals surface area contributed by atoms with Crippen LogP contribution in [0.4, 0.5) is 5.69 Å². The fourth-order valence-corrected chi connectivity index (χ4v) is 4.12.